The number of benzene rings is 2. The summed E-state index contributed by atoms with van der Waals surface area (Å²) in [6.07, 6.45) is 0. The third-order valence-corrected chi connectivity index (χ3v) is 4.76. The molecule has 0 saturated carbocycles. The number of imide groups is 1. The zero-order valence-electron chi connectivity index (χ0n) is 12.9. The third kappa shape index (κ3) is 5.41. The largest absolute Gasteiger partial charge is 0.325 e. The van der Waals surface area contributed by atoms with Gasteiger partial charge in [0.2, 0.25) is 5.91 Å². The monoisotopic (exact) mass is 392 g/mol. The summed E-state index contributed by atoms with van der Waals surface area (Å²) in [6.45, 7) is 3.90. The van der Waals surface area contributed by atoms with Crippen molar-refractivity contribution in [3.8, 4) is 0 Å². The normalized spacial score (nSPS) is 10.2. The quantitative estimate of drug-likeness (QED) is 0.752. The van der Waals surface area contributed by atoms with Gasteiger partial charge >= 0.3 is 6.03 Å². The van der Waals surface area contributed by atoms with E-state index in [0.717, 1.165) is 20.5 Å². The van der Waals surface area contributed by atoms with Crippen LogP contribution in [-0.4, -0.2) is 17.7 Å². The van der Waals surface area contributed by atoms with Crippen LogP contribution in [0.15, 0.2) is 51.8 Å². The molecule has 0 saturated heterocycles. The summed E-state index contributed by atoms with van der Waals surface area (Å²) in [5.74, 6) is -0.158. The zero-order valence-corrected chi connectivity index (χ0v) is 15.3. The van der Waals surface area contributed by atoms with Crippen LogP contribution >= 0.6 is 27.7 Å². The van der Waals surface area contributed by atoms with Crippen molar-refractivity contribution in [2.24, 2.45) is 0 Å². The smallest absolute Gasteiger partial charge is 0.307 e. The maximum Gasteiger partial charge on any atom is 0.325 e. The lowest BCUT2D eigenvalue weighted by Crippen LogP contribution is -2.35. The van der Waals surface area contributed by atoms with Gasteiger partial charge in [-0.05, 0) is 49.2 Å². The number of urea groups is 1. The van der Waals surface area contributed by atoms with Crippen molar-refractivity contribution in [2.45, 2.75) is 18.7 Å². The maximum atomic E-state index is 11.9. The summed E-state index contributed by atoms with van der Waals surface area (Å²) < 4.78 is 0.954. The van der Waals surface area contributed by atoms with Crippen LogP contribution in [0.3, 0.4) is 0 Å². The molecule has 23 heavy (non-hydrogen) atoms. The molecule has 2 rings (SSSR count). The molecule has 4 nitrogen and oxygen atoms in total. The number of amides is 3. The summed E-state index contributed by atoms with van der Waals surface area (Å²) in [7, 11) is 0. The van der Waals surface area contributed by atoms with Crippen LogP contribution in [0.2, 0.25) is 0 Å². The molecule has 0 unspecified atom stereocenters. The van der Waals surface area contributed by atoms with Crippen LogP contribution in [0.1, 0.15) is 11.1 Å². The molecule has 0 fully saturated rings. The molecule has 120 valence electrons. The standard InChI is InChI=1S/C17H17BrN2O2S/c1-11-5-3-8-15(12(11)2)19-17(22)20-16(21)10-23-14-7-4-6-13(18)9-14/h3-9H,10H2,1-2H3,(H2,19,20,21,22). The molecule has 0 radical (unpaired) electrons. The highest BCUT2D eigenvalue weighted by atomic mass is 79.9. The first kappa shape index (κ1) is 17.6. The second-order valence-electron chi connectivity index (χ2n) is 5.00. The highest BCUT2D eigenvalue weighted by Gasteiger charge is 2.10. The summed E-state index contributed by atoms with van der Waals surface area (Å²) in [5.41, 5.74) is 2.77. The van der Waals surface area contributed by atoms with Crippen LogP contribution in [0.25, 0.3) is 0 Å². The fourth-order valence-corrected chi connectivity index (χ4v) is 3.21. The van der Waals surface area contributed by atoms with E-state index in [4.69, 9.17) is 0 Å². The first-order valence-corrected chi connectivity index (χ1v) is 8.79. The highest BCUT2D eigenvalue weighted by molar-refractivity contribution is 9.10. The summed E-state index contributed by atoms with van der Waals surface area (Å²) in [5, 5.41) is 5.04. The van der Waals surface area contributed by atoms with Gasteiger partial charge in [0.15, 0.2) is 0 Å². The minimum atomic E-state index is -0.515. The average molecular weight is 393 g/mol. The van der Waals surface area contributed by atoms with Crippen LogP contribution in [0, 0.1) is 13.8 Å². The molecule has 6 heteroatoms. The molecule has 0 heterocycles. The van der Waals surface area contributed by atoms with E-state index in [1.165, 1.54) is 11.8 Å². The van der Waals surface area contributed by atoms with Gasteiger partial charge in [-0.1, -0.05) is 34.1 Å². The highest BCUT2D eigenvalue weighted by Crippen LogP contribution is 2.21. The lowest BCUT2D eigenvalue weighted by atomic mass is 10.1. The second-order valence-corrected chi connectivity index (χ2v) is 6.96. The Bertz CT molecular complexity index is 734. The van der Waals surface area contributed by atoms with Crippen LogP contribution in [-0.2, 0) is 4.79 Å². The average Bonchev–Trinajstić information content (AvgIpc) is 2.50. The van der Waals surface area contributed by atoms with Gasteiger partial charge in [-0.25, -0.2) is 4.79 Å². The summed E-state index contributed by atoms with van der Waals surface area (Å²) >= 11 is 4.76. The first-order valence-electron chi connectivity index (χ1n) is 7.01. The van der Waals surface area contributed by atoms with Crippen LogP contribution in [0.4, 0.5) is 10.5 Å². The van der Waals surface area contributed by atoms with E-state index in [2.05, 4.69) is 26.6 Å². The number of halogens is 1. The molecule has 2 N–H and O–H groups in total. The van der Waals surface area contributed by atoms with Crippen molar-refractivity contribution in [1.82, 2.24) is 5.32 Å². The van der Waals surface area contributed by atoms with Crippen LogP contribution in [0.5, 0.6) is 0 Å². The molecule has 3 amide bonds. The van der Waals surface area contributed by atoms with E-state index >= 15 is 0 Å². The Kier molecular flexibility index (Phi) is 6.24. The third-order valence-electron chi connectivity index (χ3n) is 3.27. The van der Waals surface area contributed by atoms with Gasteiger partial charge < -0.3 is 5.32 Å². The number of thioether (sulfide) groups is 1. The lowest BCUT2D eigenvalue weighted by Gasteiger charge is -2.10. The molecule has 0 atom stereocenters. The zero-order chi connectivity index (χ0) is 16.8. The predicted octanol–water partition coefficient (Wildman–Crippen LogP) is 4.51. The maximum absolute atomic E-state index is 11.9. The van der Waals surface area contributed by atoms with Crippen molar-refractivity contribution >= 4 is 45.3 Å². The van der Waals surface area contributed by atoms with E-state index in [0.29, 0.717) is 5.69 Å². The topological polar surface area (TPSA) is 58.2 Å². The fourth-order valence-electron chi connectivity index (χ4n) is 1.91. The van der Waals surface area contributed by atoms with Gasteiger partial charge in [0.1, 0.15) is 0 Å². The Morgan fingerprint density at radius 3 is 2.61 bits per heavy atom. The SMILES string of the molecule is Cc1cccc(NC(=O)NC(=O)CSc2cccc(Br)c2)c1C. The number of hydrogen-bond acceptors (Lipinski definition) is 3. The molecule has 0 aromatic heterocycles. The Morgan fingerprint density at radius 2 is 1.87 bits per heavy atom. The predicted molar refractivity (Wildman–Crippen MR) is 97.9 cm³/mol. The minimum Gasteiger partial charge on any atom is -0.307 e. The number of rotatable bonds is 4. The molecule has 0 aliphatic heterocycles. The molecular formula is C17H17BrN2O2S. The van der Waals surface area contributed by atoms with Crippen molar-refractivity contribution < 1.29 is 9.59 Å². The van der Waals surface area contributed by atoms with Gasteiger partial charge in [-0.3, -0.25) is 10.1 Å². The number of carbonyl (C=O) groups excluding carboxylic acids is 2. The summed E-state index contributed by atoms with van der Waals surface area (Å²) in [4.78, 5) is 24.7. The van der Waals surface area contributed by atoms with E-state index < -0.39 is 6.03 Å². The van der Waals surface area contributed by atoms with E-state index in [1.54, 1.807) is 0 Å². The van der Waals surface area contributed by atoms with Gasteiger partial charge in [-0.15, -0.1) is 11.8 Å². The van der Waals surface area contributed by atoms with Crippen molar-refractivity contribution in [1.29, 1.82) is 0 Å². The Balaban J connectivity index is 1.85. The van der Waals surface area contributed by atoms with Gasteiger partial charge in [0, 0.05) is 15.1 Å². The molecule has 0 aliphatic carbocycles. The Morgan fingerprint density at radius 1 is 1.13 bits per heavy atom. The number of hydrogen-bond donors (Lipinski definition) is 2. The first-order chi connectivity index (χ1) is 11.0. The van der Waals surface area contributed by atoms with Crippen molar-refractivity contribution in [3.63, 3.8) is 0 Å². The number of nitrogens with one attached hydrogen (secondary N) is 2. The van der Waals surface area contributed by atoms with Crippen LogP contribution < -0.4 is 10.6 Å². The number of aryl methyl sites for hydroxylation is 1. The molecule has 0 spiro atoms. The van der Waals surface area contributed by atoms with Crippen molar-refractivity contribution in [2.75, 3.05) is 11.1 Å². The molecule has 2 aromatic rings. The fraction of sp³-hybridized carbons (Fsp3) is 0.176. The van der Waals surface area contributed by atoms with Crippen molar-refractivity contribution in [3.05, 3.63) is 58.1 Å². The number of carbonyl (C=O) groups is 2. The van der Waals surface area contributed by atoms with Gasteiger partial charge in [0.25, 0.3) is 0 Å². The van der Waals surface area contributed by atoms with E-state index in [9.17, 15) is 9.59 Å². The van der Waals surface area contributed by atoms with Gasteiger partial charge in [-0.2, -0.15) is 0 Å². The Hall–Kier alpha value is -1.79. The minimum absolute atomic E-state index is 0.177. The molecule has 0 bridgehead atoms. The van der Waals surface area contributed by atoms with E-state index in [1.807, 2.05) is 56.3 Å². The Labute approximate surface area is 148 Å². The second kappa shape index (κ2) is 8.17. The lowest BCUT2D eigenvalue weighted by molar-refractivity contribution is -0.117. The number of anilines is 1. The van der Waals surface area contributed by atoms with E-state index in [-0.39, 0.29) is 11.7 Å². The molecule has 0 aliphatic rings. The molecule has 2 aromatic carbocycles. The van der Waals surface area contributed by atoms with Gasteiger partial charge in [0.05, 0.1) is 5.75 Å². The molecular weight excluding hydrogens is 376 g/mol. The summed E-state index contributed by atoms with van der Waals surface area (Å²) in [6, 6.07) is 12.8.